The highest BCUT2D eigenvalue weighted by atomic mass is 32.2. The summed E-state index contributed by atoms with van der Waals surface area (Å²) in [4.78, 5) is 28.6. The maximum absolute atomic E-state index is 12.8. The van der Waals surface area contributed by atoms with E-state index in [0.29, 0.717) is 17.2 Å². The predicted octanol–water partition coefficient (Wildman–Crippen LogP) is 1.38. The van der Waals surface area contributed by atoms with Gasteiger partial charge in [-0.1, -0.05) is 0 Å². The monoisotopic (exact) mass is 336 g/mol. The lowest BCUT2D eigenvalue weighted by Crippen LogP contribution is -2.45. The molecule has 2 aliphatic heterocycles. The highest BCUT2D eigenvalue weighted by Gasteiger charge is 2.43. The third-order valence-electron chi connectivity index (χ3n) is 4.20. The number of nitrogens with zero attached hydrogens (tertiary/aromatic N) is 2. The zero-order valence-corrected chi connectivity index (χ0v) is 14.1. The van der Waals surface area contributed by atoms with Gasteiger partial charge in [0.15, 0.2) is 0 Å². The number of anilines is 1. The molecule has 2 heterocycles. The summed E-state index contributed by atoms with van der Waals surface area (Å²) < 4.78 is 10.5. The van der Waals surface area contributed by atoms with E-state index in [2.05, 4.69) is 4.90 Å². The number of ether oxygens (including phenoxy) is 2. The van der Waals surface area contributed by atoms with E-state index in [9.17, 15) is 9.59 Å². The Hall–Kier alpha value is -1.73. The van der Waals surface area contributed by atoms with Crippen molar-refractivity contribution in [3.63, 3.8) is 0 Å². The molecule has 124 valence electrons. The van der Waals surface area contributed by atoms with Crippen LogP contribution in [0.3, 0.4) is 0 Å². The Labute approximate surface area is 139 Å². The first-order chi connectivity index (χ1) is 11.1. The first-order valence-electron chi connectivity index (χ1n) is 7.55. The van der Waals surface area contributed by atoms with Crippen molar-refractivity contribution in [2.45, 2.75) is 12.5 Å². The minimum atomic E-state index is -0.347. The fraction of sp³-hybridized carbons (Fsp3) is 0.500. The van der Waals surface area contributed by atoms with Crippen molar-refractivity contribution in [2.75, 3.05) is 43.7 Å². The number of amides is 2. The minimum absolute atomic E-state index is 0.155. The number of methoxy groups -OCH3 is 2. The second-order valence-electron chi connectivity index (χ2n) is 5.51. The van der Waals surface area contributed by atoms with Gasteiger partial charge in [0.1, 0.15) is 11.5 Å². The topological polar surface area (TPSA) is 59.1 Å². The van der Waals surface area contributed by atoms with Crippen molar-refractivity contribution >= 4 is 29.3 Å². The fourth-order valence-corrected chi connectivity index (χ4v) is 3.91. The van der Waals surface area contributed by atoms with Gasteiger partial charge in [-0.3, -0.25) is 14.5 Å². The number of imide groups is 1. The van der Waals surface area contributed by atoms with E-state index in [0.717, 1.165) is 24.6 Å². The van der Waals surface area contributed by atoms with Crippen LogP contribution in [0.25, 0.3) is 0 Å². The van der Waals surface area contributed by atoms with E-state index < -0.39 is 0 Å². The summed E-state index contributed by atoms with van der Waals surface area (Å²) in [7, 11) is 3.08. The molecule has 0 aromatic heterocycles. The van der Waals surface area contributed by atoms with Crippen LogP contribution in [0.15, 0.2) is 18.2 Å². The Morgan fingerprint density at radius 3 is 2.22 bits per heavy atom. The van der Waals surface area contributed by atoms with Crippen LogP contribution in [0.5, 0.6) is 11.5 Å². The van der Waals surface area contributed by atoms with Crippen molar-refractivity contribution in [3.8, 4) is 11.5 Å². The molecule has 0 radical (unpaired) electrons. The van der Waals surface area contributed by atoms with Crippen LogP contribution in [0.4, 0.5) is 5.69 Å². The van der Waals surface area contributed by atoms with Crippen molar-refractivity contribution in [1.29, 1.82) is 0 Å². The summed E-state index contributed by atoms with van der Waals surface area (Å²) in [5.41, 5.74) is 0.505. The number of carbonyl (C=O) groups is 2. The first kappa shape index (κ1) is 16.1. The Morgan fingerprint density at radius 2 is 1.65 bits per heavy atom. The maximum Gasteiger partial charge on any atom is 0.251 e. The van der Waals surface area contributed by atoms with Gasteiger partial charge >= 0.3 is 0 Å². The number of thioether (sulfide) groups is 1. The Bertz CT molecular complexity index is 594. The molecule has 3 rings (SSSR count). The summed E-state index contributed by atoms with van der Waals surface area (Å²) in [6.45, 7) is 1.70. The second-order valence-corrected chi connectivity index (χ2v) is 6.73. The molecule has 23 heavy (non-hydrogen) atoms. The maximum atomic E-state index is 12.8. The smallest absolute Gasteiger partial charge is 0.251 e. The quantitative estimate of drug-likeness (QED) is 0.775. The molecule has 0 spiro atoms. The van der Waals surface area contributed by atoms with Gasteiger partial charge in [0.05, 0.1) is 32.4 Å². The highest BCUT2D eigenvalue weighted by Crippen LogP contribution is 2.33. The number of benzene rings is 1. The molecule has 0 aliphatic carbocycles. The summed E-state index contributed by atoms with van der Waals surface area (Å²) >= 11 is 1.88. The standard InChI is InChI=1S/C16H20N2O4S/c1-21-12-7-11(8-13(9-12)22-2)18-15(19)10-14(16(18)20)17-3-5-23-6-4-17/h7-9,14H,3-6,10H2,1-2H3/t14-/m1/s1. The van der Waals surface area contributed by atoms with E-state index in [1.54, 1.807) is 32.4 Å². The van der Waals surface area contributed by atoms with Crippen LogP contribution >= 0.6 is 11.8 Å². The van der Waals surface area contributed by atoms with Crippen molar-refractivity contribution in [3.05, 3.63) is 18.2 Å². The van der Waals surface area contributed by atoms with Gasteiger partial charge in [0.25, 0.3) is 5.91 Å². The third-order valence-corrected chi connectivity index (χ3v) is 5.15. The molecule has 0 saturated carbocycles. The molecule has 2 amide bonds. The second kappa shape index (κ2) is 6.80. The van der Waals surface area contributed by atoms with Gasteiger partial charge in [0.2, 0.25) is 5.91 Å². The van der Waals surface area contributed by atoms with E-state index >= 15 is 0 Å². The molecule has 1 atom stereocenters. The van der Waals surface area contributed by atoms with Crippen LogP contribution in [0.1, 0.15) is 6.42 Å². The molecule has 0 unspecified atom stereocenters. The number of rotatable bonds is 4. The third kappa shape index (κ3) is 3.16. The van der Waals surface area contributed by atoms with Crippen LogP contribution in [0.2, 0.25) is 0 Å². The van der Waals surface area contributed by atoms with Crippen LogP contribution < -0.4 is 14.4 Å². The fourth-order valence-electron chi connectivity index (χ4n) is 2.98. The Kier molecular flexibility index (Phi) is 4.77. The Balaban J connectivity index is 1.87. The van der Waals surface area contributed by atoms with Gasteiger partial charge in [0, 0.05) is 42.8 Å². The van der Waals surface area contributed by atoms with E-state index in [-0.39, 0.29) is 24.3 Å². The molecular formula is C16H20N2O4S. The lowest BCUT2D eigenvalue weighted by atomic mass is 10.2. The number of hydrogen-bond donors (Lipinski definition) is 0. The highest BCUT2D eigenvalue weighted by molar-refractivity contribution is 7.99. The molecular weight excluding hydrogens is 316 g/mol. The van der Waals surface area contributed by atoms with Crippen molar-refractivity contribution in [1.82, 2.24) is 4.90 Å². The average molecular weight is 336 g/mol. The molecule has 0 N–H and O–H groups in total. The summed E-state index contributed by atoms with van der Waals surface area (Å²) in [5, 5.41) is 0. The van der Waals surface area contributed by atoms with Gasteiger partial charge < -0.3 is 9.47 Å². The molecule has 7 heteroatoms. The van der Waals surface area contributed by atoms with Gasteiger partial charge in [-0.05, 0) is 0 Å². The lowest BCUT2D eigenvalue weighted by Gasteiger charge is -2.30. The van der Waals surface area contributed by atoms with Crippen LogP contribution in [-0.4, -0.2) is 61.6 Å². The molecule has 0 bridgehead atoms. The summed E-state index contributed by atoms with van der Waals surface area (Å²) in [6, 6.07) is 4.74. The number of carbonyl (C=O) groups excluding carboxylic acids is 2. The summed E-state index contributed by atoms with van der Waals surface area (Å²) in [6.07, 6.45) is 0.239. The molecule has 2 saturated heterocycles. The van der Waals surface area contributed by atoms with Crippen molar-refractivity contribution < 1.29 is 19.1 Å². The van der Waals surface area contributed by atoms with Gasteiger partial charge in [-0.25, -0.2) is 4.90 Å². The zero-order chi connectivity index (χ0) is 16.4. The SMILES string of the molecule is COc1cc(OC)cc(N2C(=O)C[C@@H](N3CCSCC3)C2=O)c1. The minimum Gasteiger partial charge on any atom is -0.497 e. The molecule has 2 fully saturated rings. The van der Waals surface area contributed by atoms with E-state index in [4.69, 9.17) is 9.47 Å². The molecule has 6 nitrogen and oxygen atoms in total. The average Bonchev–Trinajstić information content (AvgIpc) is 2.89. The van der Waals surface area contributed by atoms with Crippen molar-refractivity contribution in [2.24, 2.45) is 0 Å². The predicted molar refractivity (Wildman–Crippen MR) is 89.3 cm³/mol. The molecule has 1 aromatic rings. The normalized spacial score (nSPS) is 22.5. The first-order valence-corrected chi connectivity index (χ1v) is 8.71. The lowest BCUT2D eigenvalue weighted by molar-refractivity contribution is -0.122. The van der Waals surface area contributed by atoms with E-state index in [1.165, 1.54) is 4.90 Å². The zero-order valence-electron chi connectivity index (χ0n) is 13.3. The van der Waals surface area contributed by atoms with Gasteiger partial charge in [-0.2, -0.15) is 11.8 Å². The van der Waals surface area contributed by atoms with Crippen LogP contribution in [0, 0.1) is 0 Å². The largest absolute Gasteiger partial charge is 0.497 e. The van der Waals surface area contributed by atoms with Gasteiger partial charge in [-0.15, -0.1) is 0 Å². The number of hydrogen-bond acceptors (Lipinski definition) is 6. The Morgan fingerprint density at radius 1 is 1.04 bits per heavy atom. The van der Waals surface area contributed by atoms with Crippen LogP contribution in [-0.2, 0) is 9.59 Å². The van der Waals surface area contributed by atoms with E-state index in [1.807, 2.05) is 11.8 Å². The summed E-state index contributed by atoms with van der Waals surface area (Å²) in [5.74, 6) is 2.79. The molecule has 1 aromatic carbocycles. The molecule has 2 aliphatic rings.